The number of halogens is 1. The van der Waals surface area contributed by atoms with Gasteiger partial charge in [-0.25, -0.2) is 9.18 Å². The van der Waals surface area contributed by atoms with Crippen molar-refractivity contribution in [2.75, 3.05) is 19.1 Å². The summed E-state index contributed by atoms with van der Waals surface area (Å²) in [5.74, 6) is -0.674. The molecule has 0 radical (unpaired) electrons. The molecule has 1 heterocycles. The molecule has 1 aliphatic heterocycles. The van der Waals surface area contributed by atoms with Crippen molar-refractivity contribution >= 4 is 17.7 Å². The molecule has 6 nitrogen and oxygen atoms in total. The first kappa shape index (κ1) is 14.1. The Balaban J connectivity index is 1.91. The van der Waals surface area contributed by atoms with Crippen LogP contribution in [-0.4, -0.2) is 36.6 Å². The lowest BCUT2D eigenvalue weighted by molar-refractivity contribution is -0.124. The van der Waals surface area contributed by atoms with Crippen LogP contribution in [0.3, 0.4) is 0 Å². The number of hydrazine groups is 1. The van der Waals surface area contributed by atoms with Gasteiger partial charge in [-0.2, -0.15) is 0 Å². The largest absolute Gasteiger partial charge is 0.453 e. The number of benzene rings is 1. The summed E-state index contributed by atoms with van der Waals surface area (Å²) in [5.41, 5.74) is 5.75. The molecular formula is C13H16FN3O3. The van der Waals surface area contributed by atoms with Crippen molar-refractivity contribution in [2.24, 2.45) is 0 Å². The van der Waals surface area contributed by atoms with Crippen LogP contribution in [0.15, 0.2) is 24.3 Å². The number of nitrogens with zero attached hydrogens (tertiary/aromatic N) is 1. The Kier molecular flexibility index (Phi) is 4.39. The standard InChI is InChI=1S/C13H16FN3O3/c1-20-13(19)17-8-2-3-11(17)12(18)16-15-10-6-4-9(14)5-7-10/h4-7,11,15H,2-3,8H2,1H3,(H,16,18). The van der Waals surface area contributed by atoms with E-state index in [1.54, 1.807) is 0 Å². The molecule has 2 amide bonds. The first-order chi connectivity index (χ1) is 9.61. The third-order valence-electron chi connectivity index (χ3n) is 3.14. The minimum absolute atomic E-state index is 0.322. The average molecular weight is 281 g/mol. The molecule has 1 unspecified atom stereocenters. The SMILES string of the molecule is COC(=O)N1CCCC1C(=O)NNc1ccc(F)cc1. The van der Waals surface area contributed by atoms with Crippen LogP contribution in [0.2, 0.25) is 0 Å². The maximum atomic E-state index is 12.7. The Morgan fingerprint density at radius 2 is 2.05 bits per heavy atom. The van der Waals surface area contributed by atoms with Gasteiger partial charge in [-0.15, -0.1) is 0 Å². The summed E-state index contributed by atoms with van der Waals surface area (Å²) in [6.45, 7) is 0.501. The van der Waals surface area contributed by atoms with Crippen molar-refractivity contribution < 1.29 is 18.7 Å². The first-order valence-electron chi connectivity index (χ1n) is 6.28. The predicted molar refractivity (Wildman–Crippen MR) is 70.3 cm³/mol. The summed E-state index contributed by atoms with van der Waals surface area (Å²) in [7, 11) is 1.28. The van der Waals surface area contributed by atoms with Gasteiger partial charge in [0.1, 0.15) is 11.9 Å². The van der Waals surface area contributed by atoms with Gasteiger partial charge in [-0.05, 0) is 37.1 Å². The van der Waals surface area contributed by atoms with Gasteiger partial charge in [0.2, 0.25) is 0 Å². The van der Waals surface area contributed by atoms with E-state index in [0.717, 1.165) is 6.42 Å². The minimum atomic E-state index is -0.546. The molecule has 20 heavy (non-hydrogen) atoms. The minimum Gasteiger partial charge on any atom is -0.453 e. The zero-order chi connectivity index (χ0) is 14.5. The molecule has 1 saturated heterocycles. The summed E-state index contributed by atoms with van der Waals surface area (Å²) in [4.78, 5) is 24.9. The Morgan fingerprint density at radius 3 is 2.70 bits per heavy atom. The molecule has 1 atom stereocenters. The quantitative estimate of drug-likeness (QED) is 0.824. The maximum absolute atomic E-state index is 12.7. The molecule has 0 aromatic heterocycles. The Bertz CT molecular complexity index is 492. The van der Waals surface area contributed by atoms with Gasteiger partial charge in [0, 0.05) is 6.54 Å². The summed E-state index contributed by atoms with van der Waals surface area (Å²) < 4.78 is 17.4. The Morgan fingerprint density at radius 1 is 1.35 bits per heavy atom. The molecule has 1 aromatic rings. The van der Waals surface area contributed by atoms with E-state index >= 15 is 0 Å². The normalized spacial score (nSPS) is 17.7. The highest BCUT2D eigenvalue weighted by Gasteiger charge is 2.34. The molecular weight excluding hydrogens is 265 g/mol. The second-order valence-corrected chi connectivity index (χ2v) is 4.44. The lowest BCUT2D eigenvalue weighted by Gasteiger charge is -2.22. The van der Waals surface area contributed by atoms with Gasteiger partial charge < -0.3 is 4.74 Å². The molecule has 108 valence electrons. The number of amides is 2. The van der Waals surface area contributed by atoms with Gasteiger partial charge >= 0.3 is 6.09 Å². The summed E-state index contributed by atoms with van der Waals surface area (Å²) in [6.07, 6.45) is 0.833. The van der Waals surface area contributed by atoms with E-state index < -0.39 is 12.1 Å². The average Bonchev–Trinajstić information content (AvgIpc) is 2.95. The maximum Gasteiger partial charge on any atom is 0.410 e. The molecule has 1 fully saturated rings. The van der Waals surface area contributed by atoms with Crippen LogP contribution >= 0.6 is 0 Å². The second kappa shape index (κ2) is 6.23. The highest BCUT2D eigenvalue weighted by Crippen LogP contribution is 2.18. The van der Waals surface area contributed by atoms with Crippen LogP contribution in [0.5, 0.6) is 0 Å². The molecule has 0 aliphatic carbocycles. The topological polar surface area (TPSA) is 70.7 Å². The molecule has 1 aliphatic rings. The van der Waals surface area contributed by atoms with Crippen LogP contribution in [0.1, 0.15) is 12.8 Å². The van der Waals surface area contributed by atoms with Crippen LogP contribution in [0, 0.1) is 5.82 Å². The Hall–Kier alpha value is -2.31. The van der Waals surface area contributed by atoms with Gasteiger partial charge in [-0.3, -0.25) is 20.5 Å². The van der Waals surface area contributed by atoms with Crippen molar-refractivity contribution in [1.29, 1.82) is 0 Å². The molecule has 2 N–H and O–H groups in total. The van der Waals surface area contributed by atoms with Crippen molar-refractivity contribution in [3.05, 3.63) is 30.1 Å². The van der Waals surface area contributed by atoms with E-state index in [9.17, 15) is 14.0 Å². The zero-order valence-electron chi connectivity index (χ0n) is 11.1. The number of nitrogens with one attached hydrogen (secondary N) is 2. The van der Waals surface area contributed by atoms with E-state index in [2.05, 4.69) is 15.6 Å². The van der Waals surface area contributed by atoms with E-state index in [1.807, 2.05) is 0 Å². The van der Waals surface area contributed by atoms with Crippen LogP contribution in [0.4, 0.5) is 14.9 Å². The number of hydrogen-bond acceptors (Lipinski definition) is 4. The lowest BCUT2D eigenvalue weighted by atomic mass is 10.2. The second-order valence-electron chi connectivity index (χ2n) is 4.44. The summed E-state index contributed by atoms with van der Waals surface area (Å²) in [6, 6.07) is 5.02. The molecule has 7 heteroatoms. The number of anilines is 1. The summed E-state index contributed by atoms with van der Waals surface area (Å²) in [5, 5.41) is 0. The van der Waals surface area contributed by atoms with E-state index in [0.29, 0.717) is 18.7 Å². The highest BCUT2D eigenvalue weighted by atomic mass is 19.1. The van der Waals surface area contributed by atoms with Crippen molar-refractivity contribution in [3.8, 4) is 0 Å². The third kappa shape index (κ3) is 3.17. The van der Waals surface area contributed by atoms with Gasteiger partial charge in [0.05, 0.1) is 12.8 Å². The number of carbonyl (C=O) groups is 2. The smallest absolute Gasteiger partial charge is 0.410 e. The van der Waals surface area contributed by atoms with Crippen molar-refractivity contribution in [2.45, 2.75) is 18.9 Å². The third-order valence-corrected chi connectivity index (χ3v) is 3.14. The molecule has 0 spiro atoms. The number of carbonyl (C=O) groups excluding carboxylic acids is 2. The van der Waals surface area contributed by atoms with Crippen LogP contribution in [0.25, 0.3) is 0 Å². The first-order valence-corrected chi connectivity index (χ1v) is 6.28. The lowest BCUT2D eigenvalue weighted by Crippen LogP contribution is -2.47. The molecule has 2 rings (SSSR count). The fourth-order valence-electron chi connectivity index (χ4n) is 2.13. The zero-order valence-corrected chi connectivity index (χ0v) is 11.1. The molecule has 0 bridgehead atoms. The monoisotopic (exact) mass is 281 g/mol. The van der Waals surface area contributed by atoms with Gasteiger partial charge in [0.15, 0.2) is 0 Å². The number of ether oxygens (including phenoxy) is 1. The number of likely N-dealkylation sites (tertiary alicyclic amines) is 1. The fourth-order valence-corrected chi connectivity index (χ4v) is 2.13. The number of methoxy groups -OCH3 is 1. The van der Waals surface area contributed by atoms with Gasteiger partial charge in [0.25, 0.3) is 5.91 Å². The molecule has 1 aromatic carbocycles. The van der Waals surface area contributed by atoms with Gasteiger partial charge in [-0.1, -0.05) is 0 Å². The fraction of sp³-hybridized carbons (Fsp3) is 0.385. The van der Waals surface area contributed by atoms with Crippen LogP contribution < -0.4 is 10.9 Å². The molecule has 0 saturated carbocycles. The summed E-state index contributed by atoms with van der Waals surface area (Å²) >= 11 is 0. The number of hydrogen-bond donors (Lipinski definition) is 2. The van der Waals surface area contributed by atoms with E-state index in [4.69, 9.17) is 0 Å². The highest BCUT2D eigenvalue weighted by molar-refractivity contribution is 5.86. The van der Waals surface area contributed by atoms with E-state index in [-0.39, 0.29) is 11.7 Å². The van der Waals surface area contributed by atoms with Crippen molar-refractivity contribution in [3.63, 3.8) is 0 Å². The van der Waals surface area contributed by atoms with Crippen molar-refractivity contribution in [1.82, 2.24) is 10.3 Å². The predicted octanol–water partition coefficient (Wildman–Crippen LogP) is 1.50. The Labute approximate surface area is 115 Å². The van der Waals surface area contributed by atoms with Crippen LogP contribution in [-0.2, 0) is 9.53 Å². The van der Waals surface area contributed by atoms with E-state index in [1.165, 1.54) is 36.3 Å². The number of rotatable bonds is 3.